The van der Waals surface area contributed by atoms with Gasteiger partial charge in [0.05, 0.1) is 0 Å². The number of alkyl halides is 1. The van der Waals surface area contributed by atoms with Crippen molar-refractivity contribution in [2.75, 3.05) is 12.4 Å². The standard InChI is InChI=1S/C14H24ClNO/c1-13(2)11(14(13,3)4)12(17)16-8-6-5-7-10(16)9-15/h10-11H,5-9H2,1-4H3. The zero-order valence-electron chi connectivity index (χ0n) is 11.4. The van der Waals surface area contributed by atoms with Gasteiger partial charge in [-0.05, 0) is 30.1 Å². The van der Waals surface area contributed by atoms with Crippen LogP contribution in [0.3, 0.4) is 0 Å². The maximum Gasteiger partial charge on any atom is 0.227 e. The summed E-state index contributed by atoms with van der Waals surface area (Å²) in [6.45, 7) is 9.72. The highest BCUT2D eigenvalue weighted by Gasteiger charge is 2.69. The summed E-state index contributed by atoms with van der Waals surface area (Å²) >= 11 is 5.99. The molecule has 98 valence electrons. The molecule has 0 aromatic rings. The topological polar surface area (TPSA) is 20.3 Å². The van der Waals surface area contributed by atoms with Crippen molar-refractivity contribution in [3.05, 3.63) is 0 Å². The van der Waals surface area contributed by atoms with Gasteiger partial charge in [-0.3, -0.25) is 4.79 Å². The number of carbonyl (C=O) groups excluding carboxylic acids is 1. The summed E-state index contributed by atoms with van der Waals surface area (Å²) in [5.74, 6) is 1.10. The molecule has 0 spiro atoms. The summed E-state index contributed by atoms with van der Waals surface area (Å²) in [5.41, 5.74) is 0.275. The van der Waals surface area contributed by atoms with Crippen molar-refractivity contribution in [1.82, 2.24) is 4.90 Å². The third-order valence-corrected chi connectivity index (χ3v) is 5.71. The van der Waals surface area contributed by atoms with Gasteiger partial charge in [0.1, 0.15) is 0 Å². The number of piperidine rings is 1. The molecule has 1 amide bonds. The van der Waals surface area contributed by atoms with Crippen LogP contribution < -0.4 is 0 Å². The average molecular weight is 258 g/mol. The normalized spacial score (nSPS) is 31.4. The van der Waals surface area contributed by atoms with E-state index in [1.807, 2.05) is 0 Å². The number of carbonyl (C=O) groups is 1. The van der Waals surface area contributed by atoms with Gasteiger partial charge in [0.2, 0.25) is 5.91 Å². The summed E-state index contributed by atoms with van der Waals surface area (Å²) < 4.78 is 0. The molecule has 1 unspecified atom stereocenters. The first-order chi connectivity index (χ1) is 7.84. The molecule has 0 radical (unpaired) electrons. The first-order valence-electron chi connectivity index (χ1n) is 6.70. The van der Waals surface area contributed by atoms with Gasteiger partial charge in [0.25, 0.3) is 0 Å². The first-order valence-corrected chi connectivity index (χ1v) is 7.24. The molecule has 1 saturated carbocycles. The lowest BCUT2D eigenvalue weighted by atomic mass is 10.0. The van der Waals surface area contributed by atoms with Gasteiger partial charge in [0.15, 0.2) is 0 Å². The number of likely N-dealkylation sites (tertiary alicyclic amines) is 1. The van der Waals surface area contributed by atoms with Crippen LogP contribution in [0.5, 0.6) is 0 Å². The largest absolute Gasteiger partial charge is 0.338 e. The smallest absolute Gasteiger partial charge is 0.227 e. The van der Waals surface area contributed by atoms with E-state index >= 15 is 0 Å². The quantitative estimate of drug-likeness (QED) is 0.696. The molecule has 17 heavy (non-hydrogen) atoms. The molecular weight excluding hydrogens is 234 g/mol. The summed E-state index contributed by atoms with van der Waals surface area (Å²) in [5, 5.41) is 0. The van der Waals surface area contributed by atoms with Gasteiger partial charge in [-0.2, -0.15) is 0 Å². The molecule has 0 bridgehead atoms. The van der Waals surface area contributed by atoms with Crippen LogP contribution in [-0.4, -0.2) is 29.3 Å². The SMILES string of the molecule is CC1(C)C(C(=O)N2CCCCC2CCl)C1(C)C. The number of hydrogen-bond acceptors (Lipinski definition) is 1. The maximum atomic E-state index is 12.6. The van der Waals surface area contributed by atoms with Crippen molar-refractivity contribution in [3.8, 4) is 0 Å². The summed E-state index contributed by atoms with van der Waals surface area (Å²) in [6.07, 6.45) is 3.41. The van der Waals surface area contributed by atoms with Crippen LogP contribution in [0.2, 0.25) is 0 Å². The number of rotatable bonds is 2. The van der Waals surface area contributed by atoms with E-state index in [0.717, 1.165) is 19.4 Å². The lowest BCUT2D eigenvalue weighted by Crippen LogP contribution is -2.46. The van der Waals surface area contributed by atoms with Crippen molar-refractivity contribution in [3.63, 3.8) is 0 Å². The Labute approximate surface area is 110 Å². The molecule has 1 aliphatic carbocycles. The highest BCUT2D eigenvalue weighted by atomic mass is 35.5. The molecule has 0 aromatic carbocycles. The Balaban J connectivity index is 2.10. The minimum atomic E-state index is 0.137. The third kappa shape index (κ3) is 1.89. The minimum Gasteiger partial charge on any atom is -0.338 e. The van der Waals surface area contributed by atoms with E-state index in [-0.39, 0.29) is 22.8 Å². The van der Waals surface area contributed by atoms with Crippen molar-refractivity contribution in [2.24, 2.45) is 16.7 Å². The molecule has 3 heteroatoms. The highest BCUT2D eigenvalue weighted by Crippen LogP contribution is 2.68. The van der Waals surface area contributed by atoms with E-state index in [1.54, 1.807) is 0 Å². The number of nitrogens with zero attached hydrogens (tertiary/aromatic N) is 1. The van der Waals surface area contributed by atoms with Gasteiger partial charge in [-0.15, -0.1) is 11.6 Å². The monoisotopic (exact) mass is 257 g/mol. The summed E-state index contributed by atoms with van der Waals surface area (Å²) in [4.78, 5) is 14.7. The van der Waals surface area contributed by atoms with Crippen LogP contribution in [0.1, 0.15) is 47.0 Å². The van der Waals surface area contributed by atoms with Gasteiger partial charge in [-0.25, -0.2) is 0 Å². The van der Waals surface area contributed by atoms with Gasteiger partial charge in [-0.1, -0.05) is 27.7 Å². The lowest BCUT2D eigenvalue weighted by molar-refractivity contribution is -0.137. The third-order valence-electron chi connectivity index (χ3n) is 5.36. The second kappa shape index (κ2) is 4.15. The minimum absolute atomic E-state index is 0.137. The fraction of sp³-hybridized carbons (Fsp3) is 0.929. The van der Waals surface area contributed by atoms with Crippen LogP contribution in [0.25, 0.3) is 0 Å². The van der Waals surface area contributed by atoms with Gasteiger partial charge < -0.3 is 4.90 Å². The Morgan fingerprint density at radius 3 is 2.29 bits per heavy atom. The van der Waals surface area contributed by atoms with Crippen LogP contribution in [0.4, 0.5) is 0 Å². The predicted octanol–water partition coefficient (Wildman–Crippen LogP) is 3.29. The molecule has 1 heterocycles. The van der Waals surface area contributed by atoms with Crippen LogP contribution in [0.15, 0.2) is 0 Å². The van der Waals surface area contributed by atoms with E-state index in [1.165, 1.54) is 6.42 Å². The Hall–Kier alpha value is -0.240. The Morgan fingerprint density at radius 2 is 1.82 bits per heavy atom. The second-order valence-corrected chi connectivity index (χ2v) is 7.02. The Bertz CT molecular complexity index is 310. The number of halogens is 1. The fourth-order valence-electron chi connectivity index (χ4n) is 3.43. The molecule has 1 aliphatic heterocycles. The zero-order valence-corrected chi connectivity index (χ0v) is 12.2. The van der Waals surface area contributed by atoms with Crippen molar-refractivity contribution >= 4 is 17.5 Å². The first kappa shape index (κ1) is 13.2. The number of amides is 1. The molecular formula is C14H24ClNO. The molecule has 0 N–H and O–H groups in total. The second-order valence-electron chi connectivity index (χ2n) is 6.71. The van der Waals surface area contributed by atoms with E-state index in [0.29, 0.717) is 11.8 Å². The van der Waals surface area contributed by atoms with Crippen LogP contribution >= 0.6 is 11.6 Å². The van der Waals surface area contributed by atoms with E-state index in [2.05, 4.69) is 32.6 Å². The molecule has 0 aromatic heterocycles. The zero-order chi connectivity index (χ0) is 12.8. The Morgan fingerprint density at radius 1 is 1.24 bits per heavy atom. The molecule has 1 saturated heterocycles. The molecule has 2 rings (SSSR count). The summed E-state index contributed by atoms with van der Waals surface area (Å²) in [6, 6.07) is 0.269. The van der Waals surface area contributed by atoms with Crippen molar-refractivity contribution < 1.29 is 4.79 Å². The van der Waals surface area contributed by atoms with E-state index < -0.39 is 0 Å². The Kier molecular flexibility index (Phi) is 3.22. The van der Waals surface area contributed by atoms with Gasteiger partial charge >= 0.3 is 0 Å². The predicted molar refractivity (Wildman–Crippen MR) is 71.1 cm³/mol. The highest BCUT2D eigenvalue weighted by molar-refractivity contribution is 6.18. The maximum absolute atomic E-state index is 12.6. The van der Waals surface area contributed by atoms with E-state index in [9.17, 15) is 4.79 Å². The average Bonchev–Trinajstić information content (AvgIpc) is 2.68. The summed E-state index contributed by atoms with van der Waals surface area (Å²) in [7, 11) is 0. The number of hydrogen-bond donors (Lipinski definition) is 0. The molecule has 2 nitrogen and oxygen atoms in total. The van der Waals surface area contributed by atoms with E-state index in [4.69, 9.17) is 11.6 Å². The van der Waals surface area contributed by atoms with Crippen molar-refractivity contribution in [2.45, 2.75) is 53.0 Å². The molecule has 1 atom stereocenters. The molecule has 2 aliphatic rings. The van der Waals surface area contributed by atoms with Crippen molar-refractivity contribution in [1.29, 1.82) is 0 Å². The van der Waals surface area contributed by atoms with Crippen LogP contribution in [0, 0.1) is 16.7 Å². The fourth-order valence-corrected chi connectivity index (χ4v) is 3.75. The lowest BCUT2D eigenvalue weighted by Gasteiger charge is -2.35. The van der Waals surface area contributed by atoms with Crippen LogP contribution in [-0.2, 0) is 4.79 Å². The molecule has 2 fully saturated rings. The van der Waals surface area contributed by atoms with Gasteiger partial charge in [0, 0.05) is 24.4 Å².